The highest BCUT2D eigenvalue weighted by Crippen LogP contribution is 2.22. The van der Waals surface area contributed by atoms with Crippen molar-refractivity contribution in [1.82, 2.24) is 10.5 Å². The van der Waals surface area contributed by atoms with Crippen molar-refractivity contribution in [3.8, 4) is 17.1 Å². The number of halogens is 2. The maximum absolute atomic E-state index is 13.0. The Morgan fingerprint density at radius 3 is 2.52 bits per heavy atom. The number of carbonyl (C=O) groups is 1. The number of nitrogens with one attached hydrogen (secondary N) is 1. The number of benzene rings is 2. The molecular weight excluding hydrogens is 371 g/mol. The Kier molecular flexibility index (Phi) is 5.46. The van der Waals surface area contributed by atoms with Gasteiger partial charge in [-0.15, -0.1) is 0 Å². The summed E-state index contributed by atoms with van der Waals surface area (Å²) in [7, 11) is 0. The predicted octanol–water partition coefficient (Wildman–Crippen LogP) is 4.61. The van der Waals surface area contributed by atoms with E-state index in [2.05, 4.69) is 10.5 Å². The fourth-order valence-electron chi connectivity index (χ4n) is 2.37. The van der Waals surface area contributed by atoms with Crippen molar-refractivity contribution in [2.45, 2.75) is 26.0 Å². The van der Waals surface area contributed by atoms with E-state index in [0.717, 1.165) is 0 Å². The van der Waals surface area contributed by atoms with Crippen molar-refractivity contribution in [2.75, 3.05) is 0 Å². The standard InChI is InChI=1S/C20H18ClFN2O3/c1-20(2,26-17-9-5-14(21)6-10-17)19(25)23-12-16-11-18(27-24-16)13-3-7-15(22)8-4-13/h3-11H,12H2,1-2H3,(H,23,25). The second-order valence-electron chi connectivity index (χ2n) is 6.44. The lowest BCUT2D eigenvalue weighted by Gasteiger charge is -2.25. The zero-order valence-corrected chi connectivity index (χ0v) is 15.6. The first-order valence-corrected chi connectivity index (χ1v) is 8.66. The topological polar surface area (TPSA) is 64.4 Å². The molecule has 0 saturated carbocycles. The van der Waals surface area contributed by atoms with Crippen molar-refractivity contribution in [1.29, 1.82) is 0 Å². The van der Waals surface area contributed by atoms with E-state index >= 15 is 0 Å². The molecule has 0 spiro atoms. The fourth-order valence-corrected chi connectivity index (χ4v) is 2.50. The van der Waals surface area contributed by atoms with Crippen LogP contribution in [0.15, 0.2) is 59.1 Å². The Bertz CT molecular complexity index is 921. The van der Waals surface area contributed by atoms with E-state index in [4.69, 9.17) is 20.9 Å². The van der Waals surface area contributed by atoms with Gasteiger partial charge in [-0.05, 0) is 62.4 Å². The largest absolute Gasteiger partial charge is 0.478 e. The van der Waals surface area contributed by atoms with Gasteiger partial charge in [0.05, 0.1) is 6.54 Å². The Hall–Kier alpha value is -2.86. The zero-order chi connectivity index (χ0) is 19.4. The summed E-state index contributed by atoms with van der Waals surface area (Å²) in [6, 6.07) is 14.4. The highest BCUT2D eigenvalue weighted by molar-refractivity contribution is 6.30. The Morgan fingerprint density at radius 2 is 1.85 bits per heavy atom. The van der Waals surface area contributed by atoms with Crippen molar-refractivity contribution in [3.05, 3.63) is 71.1 Å². The Balaban J connectivity index is 1.59. The molecule has 27 heavy (non-hydrogen) atoms. The van der Waals surface area contributed by atoms with Crippen LogP contribution in [0.5, 0.6) is 5.75 Å². The highest BCUT2D eigenvalue weighted by atomic mass is 35.5. The van der Waals surface area contributed by atoms with Crippen LogP contribution in [0.2, 0.25) is 5.02 Å². The molecule has 140 valence electrons. The minimum absolute atomic E-state index is 0.178. The van der Waals surface area contributed by atoms with Gasteiger partial charge in [-0.2, -0.15) is 0 Å². The molecule has 7 heteroatoms. The minimum Gasteiger partial charge on any atom is -0.478 e. The summed E-state index contributed by atoms with van der Waals surface area (Å²) in [5.41, 5.74) is 0.162. The molecule has 1 N–H and O–H groups in total. The maximum atomic E-state index is 13.0. The number of rotatable bonds is 6. The third kappa shape index (κ3) is 4.86. The summed E-state index contributed by atoms with van der Waals surface area (Å²) in [4.78, 5) is 12.5. The normalized spacial score (nSPS) is 11.3. The van der Waals surface area contributed by atoms with Gasteiger partial charge in [0.15, 0.2) is 11.4 Å². The molecule has 0 saturated heterocycles. The highest BCUT2D eigenvalue weighted by Gasteiger charge is 2.30. The second kappa shape index (κ2) is 7.80. The molecule has 5 nitrogen and oxygen atoms in total. The van der Waals surface area contributed by atoms with E-state index < -0.39 is 5.60 Å². The first kappa shape index (κ1) is 18.9. The monoisotopic (exact) mass is 388 g/mol. The van der Waals surface area contributed by atoms with Crippen molar-refractivity contribution >= 4 is 17.5 Å². The minimum atomic E-state index is -1.09. The molecule has 1 heterocycles. The van der Waals surface area contributed by atoms with E-state index in [1.807, 2.05) is 0 Å². The van der Waals surface area contributed by atoms with Crippen molar-refractivity contribution in [2.24, 2.45) is 0 Å². The average Bonchev–Trinajstić information content (AvgIpc) is 3.11. The molecule has 2 aromatic carbocycles. The molecule has 0 aliphatic carbocycles. The average molecular weight is 389 g/mol. The Morgan fingerprint density at radius 1 is 1.19 bits per heavy atom. The summed E-state index contributed by atoms with van der Waals surface area (Å²) in [6.07, 6.45) is 0. The summed E-state index contributed by atoms with van der Waals surface area (Å²) < 4.78 is 24.0. The van der Waals surface area contributed by atoms with E-state index in [0.29, 0.717) is 27.8 Å². The number of nitrogens with zero attached hydrogens (tertiary/aromatic N) is 1. The molecule has 0 aliphatic heterocycles. The molecule has 0 unspecified atom stereocenters. The third-order valence-corrected chi connectivity index (χ3v) is 4.10. The summed E-state index contributed by atoms with van der Waals surface area (Å²) in [6.45, 7) is 3.52. The van der Waals surface area contributed by atoms with E-state index in [1.165, 1.54) is 12.1 Å². The SMILES string of the molecule is CC(C)(Oc1ccc(Cl)cc1)C(=O)NCc1cc(-c2ccc(F)cc2)on1. The number of aromatic nitrogens is 1. The molecular formula is C20H18ClFN2O3. The van der Waals surface area contributed by atoms with Gasteiger partial charge in [0.2, 0.25) is 0 Å². The van der Waals surface area contributed by atoms with Gasteiger partial charge < -0.3 is 14.6 Å². The van der Waals surface area contributed by atoms with Crippen LogP contribution < -0.4 is 10.1 Å². The first-order chi connectivity index (χ1) is 12.8. The van der Waals surface area contributed by atoms with E-state index in [-0.39, 0.29) is 18.3 Å². The van der Waals surface area contributed by atoms with Crippen LogP contribution in [0.1, 0.15) is 19.5 Å². The van der Waals surface area contributed by atoms with Gasteiger partial charge >= 0.3 is 0 Å². The van der Waals surface area contributed by atoms with Gasteiger partial charge in [-0.3, -0.25) is 4.79 Å². The first-order valence-electron chi connectivity index (χ1n) is 8.28. The summed E-state index contributed by atoms with van der Waals surface area (Å²) in [5, 5.41) is 7.29. The summed E-state index contributed by atoms with van der Waals surface area (Å²) in [5.74, 6) is 0.410. The number of hydrogen-bond donors (Lipinski definition) is 1. The van der Waals surface area contributed by atoms with E-state index in [9.17, 15) is 9.18 Å². The van der Waals surface area contributed by atoms with Gasteiger partial charge in [0, 0.05) is 16.7 Å². The molecule has 0 bridgehead atoms. The van der Waals surface area contributed by atoms with Crippen LogP contribution in [0, 0.1) is 5.82 Å². The lowest BCUT2D eigenvalue weighted by atomic mass is 10.1. The Labute approximate surface area is 161 Å². The van der Waals surface area contributed by atoms with E-state index in [1.54, 1.807) is 56.3 Å². The van der Waals surface area contributed by atoms with Crippen LogP contribution in [-0.2, 0) is 11.3 Å². The summed E-state index contributed by atoms with van der Waals surface area (Å²) >= 11 is 5.85. The molecule has 0 aliphatic rings. The zero-order valence-electron chi connectivity index (χ0n) is 14.8. The fraction of sp³-hybridized carbons (Fsp3) is 0.200. The quantitative estimate of drug-likeness (QED) is 0.669. The van der Waals surface area contributed by atoms with Crippen LogP contribution in [-0.4, -0.2) is 16.7 Å². The smallest absolute Gasteiger partial charge is 0.263 e. The lowest BCUT2D eigenvalue weighted by molar-refractivity contribution is -0.134. The number of ether oxygens (including phenoxy) is 1. The number of amides is 1. The third-order valence-electron chi connectivity index (χ3n) is 3.85. The van der Waals surface area contributed by atoms with Crippen LogP contribution in [0.25, 0.3) is 11.3 Å². The molecule has 0 radical (unpaired) electrons. The number of hydrogen-bond acceptors (Lipinski definition) is 4. The van der Waals surface area contributed by atoms with Gasteiger partial charge in [-0.1, -0.05) is 16.8 Å². The van der Waals surface area contributed by atoms with Crippen molar-refractivity contribution in [3.63, 3.8) is 0 Å². The van der Waals surface area contributed by atoms with Crippen molar-refractivity contribution < 1.29 is 18.4 Å². The van der Waals surface area contributed by atoms with Gasteiger partial charge in [0.1, 0.15) is 17.3 Å². The van der Waals surface area contributed by atoms with Gasteiger partial charge in [-0.25, -0.2) is 4.39 Å². The molecule has 3 rings (SSSR count). The lowest BCUT2D eigenvalue weighted by Crippen LogP contribution is -2.46. The van der Waals surface area contributed by atoms with Gasteiger partial charge in [0.25, 0.3) is 5.91 Å². The molecule has 1 amide bonds. The maximum Gasteiger partial charge on any atom is 0.263 e. The molecule has 3 aromatic rings. The molecule has 0 atom stereocenters. The predicted molar refractivity (Wildman–Crippen MR) is 99.9 cm³/mol. The van der Waals surface area contributed by atoms with Crippen LogP contribution in [0.4, 0.5) is 4.39 Å². The second-order valence-corrected chi connectivity index (χ2v) is 6.87. The molecule has 0 fully saturated rings. The van der Waals surface area contributed by atoms with Crippen LogP contribution >= 0.6 is 11.6 Å². The number of carbonyl (C=O) groups excluding carboxylic acids is 1. The van der Waals surface area contributed by atoms with Crippen LogP contribution in [0.3, 0.4) is 0 Å². The molecule has 1 aromatic heterocycles.